The Balaban J connectivity index is 2.06. The number of rotatable bonds is 2. The standard InChI is InChI=1S/C17H18N2OS/c1-9(2)16-10(3)7-12(21-16)8-13-15-14(19-17(13)20)6-5-11(4)18-15/h5-9H,1-4H3,(H,19,20). The van der Waals surface area contributed by atoms with Crippen molar-refractivity contribution in [2.45, 2.75) is 33.6 Å². The molecule has 1 N–H and O–H groups in total. The van der Waals surface area contributed by atoms with Crippen molar-refractivity contribution in [3.8, 4) is 0 Å². The lowest BCUT2D eigenvalue weighted by Gasteiger charge is -2.01. The van der Waals surface area contributed by atoms with E-state index >= 15 is 0 Å². The van der Waals surface area contributed by atoms with Gasteiger partial charge in [-0.1, -0.05) is 13.8 Å². The third kappa shape index (κ3) is 2.51. The van der Waals surface area contributed by atoms with Crippen LogP contribution < -0.4 is 5.32 Å². The number of nitrogens with zero attached hydrogens (tertiary/aromatic N) is 1. The number of anilines is 1. The molecule has 0 radical (unpaired) electrons. The van der Waals surface area contributed by atoms with Crippen LogP contribution in [0, 0.1) is 13.8 Å². The lowest BCUT2D eigenvalue weighted by molar-refractivity contribution is -0.110. The van der Waals surface area contributed by atoms with Gasteiger partial charge in [-0.15, -0.1) is 11.3 Å². The lowest BCUT2D eigenvalue weighted by Crippen LogP contribution is -2.03. The number of hydrogen-bond acceptors (Lipinski definition) is 3. The SMILES string of the molecule is Cc1ccc2c(n1)C(=Cc1cc(C)c(C(C)C)s1)C(=O)N2. The van der Waals surface area contributed by atoms with Crippen LogP contribution in [0.4, 0.5) is 5.69 Å². The third-order valence-corrected chi connectivity index (χ3v) is 5.05. The molecule has 0 saturated carbocycles. The van der Waals surface area contributed by atoms with Gasteiger partial charge in [0.1, 0.15) is 0 Å². The van der Waals surface area contributed by atoms with Crippen molar-refractivity contribution in [1.82, 2.24) is 4.98 Å². The molecule has 3 rings (SSSR count). The molecule has 0 spiro atoms. The highest BCUT2D eigenvalue weighted by atomic mass is 32.1. The highest BCUT2D eigenvalue weighted by Crippen LogP contribution is 2.35. The fraction of sp³-hybridized carbons (Fsp3) is 0.294. The maximum absolute atomic E-state index is 12.2. The summed E-state index contributed by atoms with van der Waals surface area (Å²) in [6.07, 6.45) is 1.96. The van der Waals surface area contributed by atoms with Gasteiger partial charge in [0.05, 0.1) is 17.0 Å². The number of amides is 1. The minimum atomic E-state index is -0.0692. The molecule has 1 aliphatic rings. The first-order valence-electron chi connectivity index (χ1n) is 7.07. The van der Waals surface area contributed by atoms with Gasteiger partial charge in [0.15, 0.2) is 0 Å². The Hall–Kier alpha value is -1.94. The Morgan fingerprint density at radius 2 is 2.05 bits per heavy atom. The van der Waals surface area contributed by atoms with Gasteiger partial charge in [0.25, 0.3) is 5.91 Å². The fourth-order valence-electron chi connectivity index (χ4n) is 2.60. The van der Waals surface area contributed by atoms with E-state index in [-0.39, 0.29) is 5.91 Å². The molecule has 3 heterocycles. The number of aryl methyl sites for hydroxylation is 2. The summed E-state index contributed by atoms with van der Waals surface area (Å²) < 4.78 is 0. The summed E-state index contributed by atoms with van der Waals surface area (Å²) in [5.41, 5.74) is 4.43. The van der Waals surface area contributed by atoms with E-state index in [0.29, 0.717) is 11.5 Å². The van der Waals surface area contributed by atoms with Crippen LogP contribution in [-0.4, -0.2) is 10.9 Å². The molecule has 2 aromatic rings. The second-order valence-corrected chi connectivity index (χ2v) is 6.83. The third-order valence-electron chi connectivity index (χ3n) is 3.57. The summed E-state index contributed by atoms with van der Waals surface area (Å²) in [7, 11) is 0. The first-order chi connectivity index (χ1) is 9.95. The van der Waals surface area contributed by atoms with E-state index in [1.807, 2.05) is 25.1 Å². The van der Waals surface area contributed by atoms with Gasteiger partial charge >= 0.3 is 0 Å². The number of fused-ring (bicyclic) bond motifs is 1. The van der Waals surface area contributed by atoms with E-state index in [1.165, 1.54) is 10.4 Å². The Morgan fingerprint density at radius 3 is 2.71 bits per heavy atom. The van der Waals surface area contributed by atoms with Crippen molar-refractivity contribution in [1.29, 1.82) is 0 Å². The van der Waals surface area contributed by atoms with E-state index < -0.39 is 0 Å². The Labute approximate surface area is 128 Å². The fourth-order valence-corrected chi connectivity index (χ4v) is 3.72. The summed E-state index contributed by atoms with van der Waals surface area (Å²) in [5, 5.41) is 2.87. The van der Waals surface area contributed by atoms with Crippen molar-refractivity contribution in [2.75, 3.05) is 5.32 Å². The molecule has 1 aliphatic heterocycles. The summed E-state index contributed by atoms with van der Waals surface area (Å²) in [6, 6.07) is 5.97. The van der Waals surface area contributed by atoms with E-state index in [9.17, 15) is 4.79 Å². The summed E-state index contributed by atoms with van der Waals surface area (Å²) in [5.74, 6) is 0.437. The number of carbonyl (C=O) groups is 1. The molecular formula is C17H18N2OS. The van der Waals surface area contributed by atoms with Crippen LogP contribution in [0.1, 0.15) is 46.5 Å². The Kier molecular flexibility index (Phi) is 3.41. The van der Waals surface area contributed by atoms with Gasteiger partial charge in [-0.05, 0) is 49.6 Å². The van der Waals surface area contributed by atoms with Crippen LogP contribution in [-0.2, 0) is 4.79 Å². The number of pyridine rings is 1. The smallest absolute Gasteiger partial charge is 0.258 e. The second-order valence-electron chi connectivity index (χ2n) is 5.71. The zero-order chi connectivity index (χ0) is 15.1. The predicted octanol–water partition coefficient (Wildman–Crippen LogP) is 4.38. The highest BCUT2D eigenvalue weighted by Gasteiger charge is 2.26. The number of nitrogens with one attached hydrogen (secondary N) is 1. The van der Waals surface area contributed by atoms with Crippen LogP contribution in [0.25, 0.3) is 11.6 Å². The van der Waals surface area contributed by atoms with E-state index in [0.717, 1.165) is 22.0 Å². The minimum absolute atomic E-state index is 0.0692. The maximum Gasteiger partial charge on any atom is 0.258 e. The molecular weight excluding hydrogens is 280 g/mol. The van der Waals surface area contributed by atoms with Gasteiger partial charge in [-0.25, -0.2) is 0 Å². The van der Waals surface area contributed by atoms with Crippen LogP contribution in [0.5, 0.6) is 0 Å². The van der Waals surface area contributed by atoms with Gasteiger partial charge in [0, 0.05) is 15.4 Å². The quantitative estimate of drug-likeness (QED) is 0.836. The normalized spacial score (nSPS) is 15.7. The average Bonchev–Trinajstić information content (AvgIpc) is 2.92. The average molecular weight is 298 g/mol. The Bertz CT molecular complexity index is 756. The zero-order valence-electron chi connectivity index (χ0n) is 12.7. The van der Waals surface area contributed by atoms with Crippen LogP contribution in [0.15, 0.2) is 18.2 Å². The topological polar surface area (TPSA) is 42.0 Å². The number of thiophene rings is 1. The van der Waals surface area contributed by atoms with Crippen molar-refractivity contribution in [2.24, 2.45) is 0 Å². The van der Waals surface area contributed by atoms with Gasteiger partial charge in [0.2, 0.25) is 0 Å². The molecule has 0 atom stereocenters. The molecule has 0 aromatic carbocycles. The molecule has 21 heavy (non-hydrogen) atoms. The molecule has 0 fully saturated rings. The predicted molar refractivity (Wildman–Crippen MR) is 88.6 cm³/mol. The first kappa shape index (κ1) is 14.0. The first-order valence-corrected chi connectivity index (χ1v) is 7.88. The molecule has 2 aromatic heterocycles. The van der Waals surface area contributed by atoms with Crippen LogP contribution in [0.3, 0.4) is 0 Å². The van der Waals surface area contributed by atoms with E-state index in [4.69, 9.17) is 0 Å². The summed E-state index contributed by atoms with van der Waals surface area (Å²) in [6.45, 7) is 8.45. The van der Waals surface area contributed by atoms with Gasteiger partial charge in [-0.2, -0.15) is 0 Å². The highest BCUT2D eigenvalue weighted by molar-refractivity contribution is 7.13. The van der Waals surface area contributed by atoms with E-state index in [1.54, 1.807) is 11.3 Å². The monoisotopic (exact) mass is 298 g/mol. The molecule has 3 nitrogen and oxygen atoms in total. The van der Waals surface area contributed by atoms with Crippen LogP contribution >= 0.6 is 11.3 Å². The number of aromatic nitrogens is 1. The molecule has 4 heteroatoms. The number of carbonyl (C=O) groups excluding carboxylic acids is 1. The maximum atomic E-state index is 12.2. The zero-order valence-corrected chi connectivity index (χ0v) is 13.5. The number of hydrogen-bond donors (Lipinski definition) is 1. The lowest BCUT2D eigenvalue weighted by atomic mass is 10.1. The van der Waals surface area contributed by atoms with Crippen molar-refractivity contribution in [3.63, 3.8) is 0 Å². The minimum Gasteiger partial charge on any atom is -0.320 e. The van der Waals surface area contributed by atoms with Gasteiger partial charge < -0.3 is 5.32 Å². The molecule has 1 amide bonds. The van der Waals surface area contributed by atoms with Crippen molar-refractivity contribution >= 4 is 34.6 Å². The molecule has 0 aliphatic carbocycles. The Morgan fingerprint density at radius 1 is 1.29 bits per heavy atom. The van der Waals surface area contributed by atoms with Gasteiger partial charge in [-0.3, -0.25) is 9.78 Å². The largest absolute Gasteiger partial charge is 0.320 e. The summed E-state index contributed by atoms with van der Waals surface area (Å²) >= 11 is 1.75. The summed E-state index contributed by atoms with van der Waals surface area (Å²) in [4.78, 5) is 19.1. The second kappa shape index (κ2) is 5.11. The van der Waals surface area contributed by atoms with Crippen molar-refractivity contribution < 1.29 is 4.79 Å². The van der Waals surface area contributed by atoms with Crippen LogP contribution in [0.2, 0.25) is 0 Å². The van der Waals surface area contributed by atoms with E-state index in [2.05, 4.69) is 37.1 Å². The molecule has 108 valence electrons. The molecule has 0 saturated heterocycles. The molecule has 0 bridgehead atoms. The van der Waals surface area contributed by atoms with Crippen molar-refractivity contribution in [3.05, 3.63) is 44.9 Å². The molecule has 0 unspecified atom stereocenters.